The van der Waals surface area contributed by atoms with E-state index >= 15 is 0 Å². The van der Waals surface area contributed by atoms with Crippen molar-refractivity contribution in [2.75, 3.05) is 26.3 Å². The summed E-state index contributed by atoms with van der Waals surface area (Å²) in [5, 5.41) is 0. The van der Waals surface area contributed by atoms with Crippen molar-refractivity contribution in [1.29, 1.82) is 0 Å². The lowest BCUT2D eigenvalue weighted by Gasteiger charge is -2.48. The highest BCUT2D eigenvalue weighted by Gasteiger charge is 2.38. The molecule has 3 heteroatoms. The van der Waals surface area contributed by atoms with Crippen molar-refractivity contribution < 1.29 is 4.74 Å². The first-order chi connectivity index (χ1) is 8.20. The summed E-state index contributed by atoms with van der Waals surface area (Å²) in [5.74, 6) is 0. The summed E-state index contributed by atoms with van der Waals surface area (Å²) in [7, 11) is 0. The van der Waals surface area contributed by atoms with Crippen LogP contribution in [-0.2, 0) is 4.74 Å². The van der Waals surface area contributed by atoms with E-state index in [0.29, 0.717) is 6.04 Å². The number of unbranched alkanes of at least 4 members (excludes halogenated alkanes) is 1. The lowest BCUT2D eigenvalue weighted by atomic mass is 9.86. The minimum atomic E-state index is 0.197. The fourth-order valence-corrected chi connectivity index (χ4v) is 2.83. The molecular weight excluding hydrogens is 212 g/mol. The molecule has 2 N–H and O–H groups in total. The van der Waals surface area contributed by atoms with Gasteiger partial charge in [-0.05, 0) is 39.2 Å². The molecule has 3 nitrogen and oxygen atoms in total. The standard InChI is InChI=1S/C14H30N2O/c1-4-6-9-16(13(3)5-2)14(12-15)7-10-17-11-8-14/h13H,4-12,15H2,1-3H3. The molecule has 0 aliphatic carbocycles. The van der Waals surface area contributed by atoms with Gasteiger partial charge in [0.1, 0.15) is 0 Å². The molecule has 0 radical (unpaired) electrons. The number of nitrogens with two attached hydrogens (primary N) is 1. The molecule has 1 fully saturated rings. The van der Waals surface area contributed by atoms with Crippen LogP contribution in [0.4, 0.5) is 0 Å². The Kier molecular flexibility index (Phi) is 6.45. The zero-order valence-corrected chi connectivity index (χ0v) is 11.9. The van der Waals surface area contributed by atoms with E-state index in [1.807, 2.05) is 0 Å². The van der Waals surface area contributed by atoms with Gasteiger partial charge in [0.25, 0.3) is 0 Å². The third-order valence-corrected chi connectivity index (χ3v) is 4.29. The van der Waals surface area contributed by atoms with Crippen molar-refractivity contribution in [2.24, 2.45) is 5.73 Å². The molecule has 0 bridgehead atoms. The van der Waals surface area contributed by atoms with Crippen LogP contribution < -0.4 is 5.73 Å². The summed E-state index contributed by atoms with van der Waals surface area (Å²) in [6.45, 7) is 10.6. The molecule has 1 heterocycles. The molecule has 1 saturated heterocycles. The average Bonchev–Trinajstić information content (AvgIpc) is 2.39. The van der Waals surface area contributed by atoms with E-state index in [1.165, 1.54) is 25.8 Å². The maximum absolute atomic E-state index is 6.11. The smallest absolute Gasteiger partial charge is 0.0484 e. The van der Waals surface area contributed by atoms with Gasteiger partial charge in [0.15, 0.2) is 0 Å². The third kappa shape index (κ3) is 3.67. The van der Waals surface area contributed by atoms with E-state index in [2.05, 4.69) is 25.7 Å². The Hall–Kier alpha value is -0.120. The predicted molar refractivity (Wildman–Crippen MR) is 73.2 cm³/mol. The highest BCUT2D eigenvalue weighted by molar-refractivity contribution is 4.95. The maximum atomic E-state index is 6.11. The molecule has 0 amide bonds. The molecule has 1 aliphatic heterocycles. The Balaban J connectivity index is 2.75. The third-order valence-electron chi connectivity index (χ3n) is 4.29. The zero-order chi connectivity index (χ0) is 12.7. The normalized spacial score (nSPS) is 21.7. The number of hydrogen-bond acceptors (Lipinski definition) is 3. The van der Waals surface area contributed by atoms with Crippen molar-refractivity contribution in [3.05, 3.63) is 0 Å². The second-order valence-electron chi connectivity index (χ2n) is 5.35. The summed E-state index contributed by atoms with van der Waals surface area (Å²) >= 11 is 0. The Morgan fingerprint density at radius 1 is 1.29 bits per heavy atom. The van der Waals surface area contributed by atoms with Crippen LogP contribution in [0.15, 0.2) is 0 Å². The van der Waals surface area contributed by atoms with E-state index in [0.717, 1.165) is 32.6 Å². The highest BCUT2D eigenvalue weighted by Crippen LogP contribution is 2.30. The lowest BCUT2D eigenvalue weighted by Crippen LogP contribution is -2.59. The Morgan fingerprint density at radius 3 is 2.41 bits per heavy atom. The number of rotatable bonds is 7. The molecular formula is C14H30N2O. The van der Waals surface area contributed by atoms with Crippen LogP contribution in [0.3, 0.4) is 0 Å². The first-order valence-electron chi connectivity index (χ1n) is 7.24. The van der Waals surface area contributed by atoms with Gasteiger partial charge in [-0.3, -0.25) is 4.90 Å². The van der Waals surface area contributed by atoms with Gasteiger partial charge in [0.2, 0.25) is 0 Å². The Labute approximate surface area is 107 Å². The van der Waals surface area contributed by atoms with Crippen LogP contribution in [-0.4, -0.2) is 42.8 Å². The summed E-state index contributed by atoms with van der Waals surface area (Å²) in [4.78, 5) is 2.67. The van der Waals surface area contributed by atoms with Gasteiger partial charge >= 0.3 is 0 Å². The van der Waals surface area contributed by atoms with E-state index in [4.69, 9.17) is 10.5 Å². The van der Waals surface area contributed by atoms with E-state index in [-0.39, 0.29) is 5.54 Å². The molecule has 1 unspecified atom stereocenters. The van der Waals surface area contributed by atoms with Gasteiger partial charge in [0.05, 0.1) is 0 Å². The molecule has 0 aromatic carbocycles. The van der Waals surface area contributed by atoms with Crippen LogP contribution in [0.1, 0.15) is 52.9 Å². The fourth-order valence-electron chi connectivity index (χ4n) is 2.83. The molecule has 1 rings (SSSR count). The molecule has 0 aromatic rings. The Morgan fingerprint density at radius 2 is 1.94 bits per heavy atom. The number of hydrogen-bond donors (Lipinski definition) is 1. The van der Waals surface area contributed by atoms with Gasteiger partial charge in [-0.25, -0.2) is 0 Å². The van der Waals surface area contributed by atoms with Crippen molar-refractivity contribution in [3.8, 4) is 0 Å². The number of ether oxygens (including phenoxy) is 1. The van der Waals surface area contributed by atoms with Crippen molar-refractivity contribution in [3.63, 3.8) is 0 Å². The monoisotopic (exact) mass is 242 g/mol. The zero-order valence-electron chi connectivity index (χ0n) is 11.9. The van der Waals surface area contributed by atoms with Crippen LogP contribution in [0.5, 0.6) is 0 Å². The fraction of sp³-hybridized carbons (Fsp3) is 1.00. The summed E-state index contributed by atoms with van der Waals surface area (Å²) in [6.07, 6.45) is 5.92. The first-order valence-corrected chi connectivity index (χ1v) is 7.24. The van der Waals surface area contributed by atoms with Crippen LogP contribution in [0, 0.1) is 0 Å². The van der Waals surface area contributed by atoms with Crippen molar-refractivity contribution >= 4 is 0 Å². The summed E-state index contributed by atoms with van der Waals surface area (Å²) < 4.78 is 5.51. The van der Waals surface area contributed by atoms with Gasteiger partial charge < -0.3 is 10.5 Å². The SMILES string of the molecule is CCCCN(C(C)CC)C1(CN)CCOCC1. The van der Waals surface area contributed by atoms with E-state index < -0.39 is 0 Å². The molecule has 17 heavy (non-hydrogen) atoms. The van der Waals surface area contributed by atoms with Gasteiger partial charge in [0, 0.05) is 31.3 Å². The highest BCUT2D eigenvalue weighted by atomic mass is 16.5. The second-order valence-corrected chi connectivity index (χ2v) is 5.35. The summed E-state index contributed by atoms with van der Waals surface area (Å²) in [5.41, 5.74) is 6.30. The molecule has 1 atom stereocenters. The van der Waals surface area contributed by atoms with Gasteiger partial charge in [-0.2, -0.15) is 0 Å². The second kappa shape index (κ2) is 7.34. The van der Waals surface area contributed by atoms with Crippen molar-refractivity contribution in [2.45, 2.75) is 64.5 Å². The minimum Gasteiger partial charge on any atom is -0.381 e. The lowest BCUT2D eigenvalue weighted by molar-refractivity contribution is -0.0419. The minimum absolute atomic E-state index is 0.197. The van der Waals surface area contributed by atoms with Crippen molar-refractivity contribution in [1.82, 2.24) is 4.90 Å². The maximum Gasteiger partial charge on any atom is 0.0484 e. The van der Waals surface area contributed by atoms with E-state index in [1.54, 1.807) is 0 Å². The Bertz CT molecular complexity index is 202. The molecule has 1 aliphatic rings. The predicted octanol–water partition coefficient (Wildman–Crippen LogP) is 2.39. The largest absolute Gasteiger partial charge is 0.381 e. The summed E-state index contributed by atoms with van der Waals surface area (Å²) in [6, 6.07) is 0.628. The van der Waals surface area contributed by atoms with Crippen LogP contribution >= 0.6 is 0 Å². The van der Waals surface area contributed by atoms with Crippen LogP contribution in [0.25, 0.3) is 0 Å². The molecule has 0 saturated carbocycles. The molecule has 0 aromatic heterocycles. The average molecular weight is 242 g/mol. The molecule has 102 valence electrons. The van der Waals surface area contributed by atoms with Gasteiger partial charge in [-0.15, -0.1) is 0 Å². The van der Waals surface area contributed by atoms with Crippen LogP contribution in [0.2, 0.25) is 0 Å². The van der Waals surface area contributed by atoms with E-state index in [9.17, 15) is 0 Å². The molecule has 0 spiro atoms. The quantitative estimate of drug-likeness (QED) is 0.745. The first kappa shape index (κ1) is 14.9. The topological polar surface area (TPSA) is 38.5 Å². The number of nitrogens with zero attached hydrogens (tertiary/aromatic N) is 1. The van der Waals surface area contributed by atoms with Gasteiger partial charge in [-0.1, -0.05) is 20.3 Å².